The molecule has 1 fully saturated rings. The molecular formula is C12H24. The quantitative estimate of drug-likeness (QED) is 0.503. The van der Waals surface area contributed by atoms with Crippen molar-refractivity contribution in [2.75, 3.05) is 0 Å². The predicted octanol–water partition coefficient (Wildman–Crippen LogP) is 4.56. The number of allylic oxidation sites excluding steroid dienone is 2. The van der Waals surface area contributed by atoms with E-state index in [2.05, 4.69) is 19.9 Å². The molecule has 1 aliphatic carbocycles. The maximum Gasteiger partial charge on any atom is -0.0318 e. The Kier molecular flexibility index (Phi) is 7.23. The zero-order valence-electron chi connectivity index (χ0n) is 9.19. The lowest BCUT2D eigenvalue weighted by atomic mass is 9.84. The van der Waals surface area contributed by atoms with Crippen LogP contribution in [0.25, 0.3) is 0 Å². The first-order valence-corrected chi connectivity index (χ1v) is 5.50. The molecule has 0 atom stereocenters. The summed E-state index contributed by atoms with van der Waals surface area (Å²) in [5.41, 5.74) is 1.68. The van der Waals surface area contributed by atoms with E-state index in [-0.39, 0.29) is 0 Å². The molecular weight excluding hydrogens is 144 g/mol. The van der Waals surface area contributed by atoms with E-state index in [0.717, 1.165) is 5.92 Å². The lowest BCUT2D eigenvalue weighted by Crippen LogP contribution is -2.06. The summed E-state index contributed by atoms with van der Waals surface area (Å²) in [5, 5.41) is 0. The minimum absolute atomic E-state index is 1.03. The van der Waals surface area contributed by atoms with Gasteiger partial charge in [-0.05, 0) is 38.5 Å². The van der Waals surface area contributed by atoms with Crippen LogP contribution in [0.3, 0.4) is 0 Å². The van der Waals surface area contributed by atoms with Gasteiger partial charge in [-0.3, -0.25) is 0 Å². The zero-order chi connectivity index (χ0) is 9.40. The number of rotatable bonds is 1. The summed E-state index contributed by atoms with van der Waals surface area (Å²) in [6, 6.07) is 0. The van der Waals surface area contributed by atoms with Crippen molar-refractivity contribution >= 4 is 0 Å². The van der Waals surface area contributed by atoms with Gasteiger partial charge in [0, 0.05) is 0 Å². The predicted molar refractivity (Wildman–Crippen MR) is 57.4 cm³/mol. The van der Waals surface area contributed by atoms with Gasteiger partial charge < -0.3 is 0 Å². The highest BCUT2D eigenvalue weighted by Crippen LogP contribution is 2.29. The molecule has 0 bridgehead atoms. The zero-order valence-corrected chi connectivity index (χ0v) is 9.19. The maximum atomic E-state index is 2.31. The van der Waals surface area contributed by atoms with Crippen LogP contribution in [0.5, 0.6) is 0 Å². The number of hydrogen-bond donors (Lipinski definition) is 0. The van der Waals surface area contributed by atoms with Gasteiger partial charge in [0.1, 0.15) is 0 Å². The Morgan fingerprint density at radius 1 is 1.25 bits per heavy atom. The van der Waals surface area contributed by atoms with Gasteiger partial charge in [0.15, 0.2) is 0 Å². The van der Waals surface area contributed by atoms with Crippen LogP contribution in [0.1, 0.15) is 59.8 Å². The van der Waals surface area contributed by atoms with Crippen molar-refractivity contribution in [3.63, 3.8) is 0 Å². The average molecular weight is 168 g/mol. The molecule has 0 radical (unpaired) electrons. The van der Waals surface area contributed by atoms with Crippen LogP contribution in [-0.4, -0.2) is 0 Å². The van der Waals surface area contributed by atoms with Gasteiger partial charge >= 0.3 is 0 Å². The smallest absolute Gasteiger partial charge is 0.0318 e. The van der Waals surface area contributed by atoms with Gasteiger partial charge in [-0.1, -0.05) is 38.8 Å². The van der Waals surface area contributed by atoms with Gasteiger partial charge in [-0.2, -0.15) is 0 Å². The molecule has 1 rings (SSSR count). The van der Waals surface area contributed by atoms with E-state index in [1.165, 1.54) is 32.1 Å². The summed E-state index contributed by atoms with van der Waals surface area (Å²) in [6.45, 7) is 8.48. The molecule has 1 saturated carbocycles. The first-order valence-electron chi connectivity index (χ1n) is 5.50. The lowest BCUT2D eigenvalue weighted by molar-refractivity contribution is 0.397. The third kappa shape index (κ3) is 3.94. The fraction of sp³-hybridized carbons (Fsp3) is 0.833. The molecule has 0 nitrogen and oxygen atoms in total. The van der Waals surface area contributed by atoms with Crippen LogP contribution in [0.15, 0.2) is 11.6 Å². The van der Waals surface area contributed by atoms with Crippen LogP contribution >= 0.6 is 0 Å². The fourth-order valence-electron chi connectivity index (χ4n) is 1.75. The van der Waals surface area contributed by atoms with E-state index in [0.29, 0.717) is 0 Å². The highest BCUT2D eigenvalue weighted by Gasteiger charge is 2.13. The van der Waals surface area contributed by atoms with Crippen molar-refractivity contribution in [1.82, 2.24) is 0 Å². The molecule has 1 aliphatic rings. The van der Waals surface area contributed by atoms with Crippen LogP contribution in [0.4, 0.5) is 0 Å². The van der Waals surface area contributed by atoms with Gasteiger partial charge in [-0.25, -0.2) is 0 Å². The minimum Gasteiger partial charge on any atom is -0.0885 e. The molecule has 0 saturated heterocycles. The summed E-state index contributed by atoms with van der Waals surface area (Å²) in [6.07, 6.45) is 9.30. The molecule has 0 aromatic carbocycles. The van der Waals surface area contributed by atoms with Crippen LogP contribution in [-0.2, 0) is 0 Å². The molecule has 72 valence electrons. The van der Waals surface area contributed by atoms with Crippen molar-refractivity contribution in [2.24, 2.45) is 5.92 Å². The Morgan fingerprint density at radius 2 is 1.75 bits per heavy atom. The SMILES string of the molecule is CC.CC=C1CCC(CC)CC1. The van der Waals surface area contributed by atoms with Gasteiger partial charge in [-0.15, -0.1) is 0 Å². The van der Waals surface area contributed by atoms with Crippen LogP contribution < -0.4 is 0 Å². The highest BCUT2D eigenvalue weighted by molar-refractivity contribution is 5.03. The van der Waals surface area contributed by atoms with E-state index < -0.39 is 0 Å². The summed E-state index contributed by atoms with van der Waals surface area (Å²) in [5.74, 6) is 1.03. The van der Waals surface area contributed by atoms with Gasteiger partial charge in [0.25, 0.3) is 0 Å². The molecule has 0 N–H and O–H groups in total. The van der Waals surface area contributed by atoms with Crippen molar-refractivity contribution in [1.29, 1.82) is 0 Å². The average Bonchev–Trinajstić information content (AvgIpc) is 2.21. The molecule has 0 aliphatic heterocycles. The molecule has 0 heterocycles. The van der Waals surface area contributed by atoms with Crippen molar-refractivity contribution in [2.45, 2.75) is 59.8 Å². The minimum atomic E-state index is 1.03. The summed E-state index contributed by atoms with van der Waals surface area (Å²) >= 11 is 0. The maximum absolute atomic E-state index is 2.31. The standard InChI is InChI=1S/C10H18.C2H6/c1-3-9-5-7-10(4-2)8-6-9;1-2/h3,10H,4-8H2,1-2H3;1-2H3. The van der Waals surface area contributed by atoms with E-state index in [1.54, 1.807) is 5.57 Å². The third-order valence-corrected chi connectivity index (χ3v) is 2.73. The van der Waals surface area contributed by atoms with Crippen molar-refractivity contribution in [3.8, 4) is 0 Å². The molecule has 12 heavy (non-hydrogen) atoms. The first kappa shape index (κ1) is 11.7. The third-order valence-electron chi connectivity index (χ3n) is 2.73. The second kappa shape index (κ2) is 7.39. The normalized spacial score (nSPS) is 22.7. The Hall–Kier alpha value is -0.260. The Bertz CT molecular complexity index is 112. The summed E-state index contributed by atoms with van der Waals surface area (Å²) in [7, 11) is 0. The summed E-state index contributed by atoms with van der Waals surface area (Å²) in [4.78, 5) is 0. The second-order valence-corrected chi connectivity index (χ2v) is 3.30. The van der Waals surface area contributed by atoms with Crippen LogP contribution in [0, 0.1) is 5.92 Å². The molecule has 0 spiro atoms. The Balaban J connectivity index is 0.000000561. The molecule has 0 heteroatoms. The van der Waals surface area contributed by atoms with E-state index in [1.807, 2.05) is 13.8 Å². The van der Waals surface area contributed by atoms with Gasteiger partial charge in [0.05, 0.1) is 0 Å². The monoisotopic (exact) mass is 168 g/mol. The molecule has 0 aromatic heterocycles. The van der Waals surface area contributed by atoms with E-state index in [9.17, 15) is 0 Å². The Morgan fingerprint density at radius 3 is 2.08 bits per heavy atom. The molecule has 0 aromatic rings. The fourth-order valence-corrected chi connectivity index (χ4v) is 1.75. The highest BCUT2D eigenvalue weighted by atomic mass is 14.2. The van der Waals surface area contributed by atoms with Gasteiger partial charge in [0.2, 0.25) is 0 Å². The Labute approximate surface area is 78.1 Å². The first-order chi connectivity index (χ1) is 5.86. The number of hydrogen-bond acceptors (Lipinski definition) is 0. The summed E-state index contributed by atoms with van der Waals surface area (Å²) < 4.78 is 0. The van der Waals surface area contributed by atoms with Crippen molar-refractivity contribution < 1.29 is 0 Å². The van der Waals surface area contributed by atoms with E-state index >= 15 is 0 Å². The topological polar surface area (TPSA) is 0 Å². The second-order valence-electron chi connectivity index (χ2n) is 3.30. The lowest BCUT2D eigenvalue weighted by Gasteiger charge is -2.22. The van der Waals surface area contributed by atoms with E-state index in [4.69, 9.17) is 0 Å². The molecule has 0 unspecified atom stereocenters. The van der Waals surface area contributed by atoms with Crippen LogP contribution in [0.2, 0.25) is 0 Å². The molecule has 0 amide bonds. The largest absolute Gasteiger partial charge is 0.0885 e. The van der Waals surface area contributed by atoms with Crippen molar-refractivity contribution in [3.05, 3.63) is 11.6 Å².